The molecular formula is C23H26F6N8O5. The molecule has 2 unspecified atom stereocenters. The van der Waals surface area contributed by atoms with Crippen LogP contribution in [0.1, 0.15) is 53.4 Å². The van der Waals surface area contributed by atoms with Gasteiger partial charge >= 0.3 is 18.4 Å². The molecule has 0 aliphatic carbocycles. The third-order valence-corrected chi connectivity index (χ3v) is 6.60. The zero-order valence-corrected chi connectivity index (χ0v) is 22.6. The van der Waals surface area contributed by atoms with Gasteiger partial charge in [0.05, 0.1) is 49.9 Å². The van der Waals surface area contributed by atoms with Crippen molar-refractivity contribution in [3.05, 3.63) is 41.1 Å². The lowest BCUT2D eigenvalue weighted by Gasteiger charge is -2.29. The topological polar surface area (TPSA) is 149 Å². The lowest BCUT2D eigenvalue weighted by Crippen LogP contribution is -2.44. The van der Waals surface area contributed by atoms with Gasteiger partial charge in [0.1, 0.15) is 11.7 Å². The number of imidazole rings is 1. The fraction of sp³-hybridized carbons (Fsp3) is 0.565. The van der Waals surface area contributed by atoms with Crippen LogP contribution >= 0.6 is 0 Å². The molecule has 4 heterocycles. The summed E-state index contributed by atoms with van der Waals surface area (Å²) in [7, 11) is 1.31. The van der Waals surface area contributed by atoms with Gasteiger partial charge in [0, 0.05) is 12.7 Å². The molecule has 0 aromatic carbocycles. The number of hydrogen-bond donors (Lipinski definition) is 2. The van der Waals surface area contributed by atoms with Crippen LogP contribution in [0.3, 0.4) is 0 Å². The van der Waals surface area contributed by atoms with Gasteiger partial charge in [-0.15, -0.1) is 0 Å². The number of fused-ring (bicyclic) bond motifs is 1. The van der Waals surface area contributed by atoms with Crippen molar-refractivity contribution in [3.63, 3.8) is 0 Å². The Bertz CT molecular complexity index is 1440. The number of carbonyl (C=O) groups excluding carboxylic acids is 2. The number of aryl methyl sites for hydroxylation is 1. The molecule has 2 N–H and O–H groups in total. The lowest BCUT2D eigenvalue weighted by molar-refractivity contribution is -0.265. The average molecular weight is 609 g/mol. The molecule has 3 amide bonds. The van der Waals surface area contributed by atoms with Crippen molar-refractivity contribution in [3.8, 4) is 0 Å². The van der Waals surface area contributed by atoms with E-state index in [2.05, 4.69) is 30.3 Å². The molecule has 13 nitrogen and oxygen atoms in total. The van der Waals surface area contributed by atoms with Crippen LogP contribution in [0.5, 0.6) is 0 Å². The second-order valence-electron chi connectivity index (χ2n) is 9.97. The van der Waals surface area contributed by atoms with Gasteiger partial charge < -0.3 is 25.0 Å². The van der Waals surface area contributed by atoms with E-state index in [-0.39, 0.29) is 34.9 Å². The molecule has 3 aromatic rings. The van der Waals surface area contributed by atoms with Crippen LogP contribution in [0.4, 0.5) is 31.1 Å². The second kappa shape index (κ2) is 11.3. The summed E-state index contributed by atoms with van der Waals surface area (Å²) in [5.41, 5.74) is -2.22. The fourth-order valence-corrected chi connectivity index (χ4v) is 4.03. The maximum atomic E-state index is 13.4. The Balaban J connectivity index is 1.65. The SMILES string of the molecule is COCC(c1cnn2cc(C(COC(C)(C)C(F)(F)F)NC(=O)c3nonc3C)nc2c1)N1C[C@@H](C(F)(F)F)NC1=O. The number of alkyl halides is 6. The summed E-state index contributed by atoms with van der Waals surface area (Å²) in [4.78, 5) is 30.5. The van der Waals surface area contributed by atoms with Gasteiger partial charge in [0.2, 0.25) is 0 Å². The molecule has 1 fully saturated rings. The molecule has 0 bridgehead atoms. The van der Waals surface area contributed by atoms with Crippen LogP contribution in [0.2, 0.25) is 0 Å². The first-order valence-electron chi connectivity index (χ1n) is 12.3. The van der Waals surface area contributed by atoms with Gasteiger partial charge in [-0.2, -0.15) is 31.4 Å². The van der Waals surface area contributed by atoms with Crippen molar-refractivity contribution in [1.82, 2.24) is 40.4 Å². The van der Waals surface area contributed by atoms with Crippen LogP contribution in [0.15, 0.2) is 23.1 Å². The van der Waals surface area contributed by atoms with E-state index in [0.717, 1.165) is 18.7 Å². The first-order valence-corrected chi connectivity index (χ1v) is 12.3. The fourth-order valence-electron chi connectivity index (χ4n) is 4.03. The molecule has 3 aromatic heterocycles. The quantitative estimate of drug-likeness (QED) is 0.332. The van der Waals surface area contributed by atoms with Crippen LogP contribution in [-0.4, -0.2) is 92.6 Å². The van der Waals surface area contributed by atoms with E-state index in [1.165, 1.54) is 37.0 Å². The minimum Gasteiger partial charge on any atom is -0.382 e. The van der Waals surface area contributed by atoms with E-state index in [0.29, 0.717) is 0 Å². The third-order valence-electron chi connectivity index (χ3n) is 6.60. The zero-order valence-electron chi connectivity index (χ0n) is 22.6. The molecule has 4 rings (SSSR count). The highest BCUT2D eigenvalue weighted by atomic mass is 19.4. The summed E-state index contributed by atoms with van der Waals surface area (Å²) < 4.78 is 96.1. The van der Waals surface area contributed by atoms with Crippen molar-refractivity contribution >= 4 is 17.6 Å². The number of carbonyl (C=O) groups is 2. The second-order valence-corrected chi connectivity index (χ2v) is 9.97. The number of ether oxygens (including phenoxy) is 2. The van der Waals surface area contributed by atoms with Crippen LogP contribution in [0.25, 0.3) is 5.65 Å². The number of amides is 3. The molecule has 0 spiro atoms. The Morgan fingerprint density at radius 3 is 2.50 bits per heavy atom. The number of nitrogens with zero attached hydrogens (tertiary/aromatic N) is 6. The van der Waals surface area contributed by atoms with E-state index in [9.17, 15) is 35.9 Å². The maximum absolute atomic E-state index is 13.4. The van der Waals surface area contributed by atoms with E-state index >= 15 is 0 Å². The lowest BCUT2D eigenvalue weighted by atomic mass is 10.1. The van der Waals surface area contributed by atoms with Crippen LogP contribution in [-0.2, 0) is 9.47 Å². The zero-order chi connectivity index (χ0) is 31.0. The largest absolute Gasteiger partial charge is 0.416 e. The average Bonchev–Trinajstić information content (AvgIpc) is 3.61. The molecule has 42 heavy (non-hydrogen) atoms. The van der Waals surface area contributed by atoms with Crippen molar-refractivity contribution in [2.45, 2.75) is 56.9 Å². The van der Waals surface area contributed by atoms with E-state index in [1.807, 2.05) is 5.32 Å². The van der Waals surface area contributed by atoms with Gasteiger partial charge in [-0.1, -0.05) is 5.16 Å². The molecule has 1 aliphatic heterocycles. The molecule has 0 saturated carbocycles. The van der Waals surface area contributed by atoms with Crippen molar-refractivity contribution < 1.29 is 50.0 Å². The van der Waals surface area contributed by atoms with Crippen molar-refractivity contribution in [2.24, 2.45) is 0 Å². The van der Waals surface area contributed by atoms with Crippen LogP contribution < -0.4 is 10.6 Å². The smallest absolute Gasteiger partial charge is 0.382 e. The molecule has 19 heteroatoms. The molecule has 0 radical (unpaired) electrons. The van der Waals surface area contributed by atoms with Gasteiger partial charge in [0.15, 0.2) is 16.9 Å². The summed E-state index contributed by atoms with van der Waals surface area (Å²) in [5.74, 6) is -0.822. The highest BCUT2D eigenvalue weighted by Gasteiger charge is 2.50. The Kier molecular flexibility index (Phi) is 8.36. The highest BCUT2D eigenvalue weighted by molar-refractivity contribution is 5.93. The third kappa shape index (κ3) is 6.40. The number of nitrogens with one attached hydrogen (secondary N) is 2. The molecule has 1 saturated heterocycles. The first kappa shape index (κ1) is 30.9. The summed E-state index contributed by atoms with van der Waals surface area (Å²) in [6.07, 6.45) is -6.77. The van der Waals surface area contributed by atoms with E-state index in [1.54, 1.807) is 0 Å². The number of hydrogen-bond acceptors (Lipinski definition) is 9. The minimum absolute atomic E-state index is 0.0411. The minimum atomic E-state index is -4.73. The van der Waals surface area contributed by atoms with Gasteiger partial charge in [0.25, 0.3) is 5.91 Å². The highest BCUT2D eigenvalue weighted by Crippen LogP contribution is 2.34. The Labute approximate surface area is 233 Å². The van der Waals surface area contributed by atoms with Crippen molar-refractivity contribution in [1.29, 1.82) is 0 Å². The standard InChI is InChI=1S/C23H26F6N8O5/c1-11-18(35-42-34-11)19(38)32-14(9-41-21(2,3)23(27,28)29)13-7-37-17(31-13)5-12(6-30-37)15(10-40-4)36-8-16(22(24,25)26)33-20(36)39/h5-7,14-16H,8-10H2,1-4H3,(H,32,38)(H,33,39)/t14?,15?,16-/m0/s1. The van der Waals surface area contributed by atoms with Gasteiger partial charge in [-0.05, 0) is 32.0 Å². The number of rotatable bonds is 10. The Hall–Kier alpha value is -4.00. The number of halogens is 6. The Morgan fingerprint density at radius 1 is 1.21 bits per heavy atom. The number of methoxy groups -OCH3 is 1. The monoisotopic (exact) mass is 608 g/mol. The normalized spacial score (nSPS) is 17.9. The van der Waals surface area contributed by atoms with Crippen molar-refractivity contribution in [2.75, 3.05) is 26.9 Å². The predicted octanol–water partition coefficient (Wildman–Crippen LogP) is 2.89. The summed E-state index contributed by atoms with van der Waals surface area (Å²) in [6.45, 7) is 1.57. The molecule has 230 valence electrons. The molecular weight excluding hydrogens is 582 g/mol. The first-order chi connectivity index (χ1) is 19.5. The van der Waals surface area contributed by atoms with Gasteiger partial charge in [-0.3, -0.25) is 4.79 Å². The maximum Gasteiger partial charge on any atom is 0.416 e. The summed E-state index contributed by atoms with van der Waals surface area (Å²) >= 11 is 0. The van der Waals surface area contributed by atoms with Gasteiger partial charge in [-0.25, -0.2) is 18.9 Å². The Morgan fingerprint density at radius 2 is 1.93 bits per heavy atom. The van der Waals surface area contributed by atoms with E-state index in [4.69, 9.17) is 9.47 Å². The summed E-state index contributed by atoms with van der Waals surface area (Å²) in [5, 5.41) is 15.6. The number of aromatic nitrogens is 5. The number of urea groups is 1. The molecule has 3 atom stereocenters. The molecule has 1 aliphatic rings. The predicted molar refractivity (Wildman–Crippen MR) is 128 cm³/mol. The van der Waals surface area contributed by atoms with E-state index < -0.39 is 61.2 Å². The summed E-state index contributed by atoms with van der Waals surface area (Å²) in [6, 6.07) is -3.82. The van der Waals surface area contributed by atoms with Crippen LogP contribution in [0, 0.1) is 6.92 Å².